The highest BCUT2D eigenvalue weighted by Gasteiger charge is 2.18. The molecule has 0 aliphatic carbocycles. The zero-order valence-electron chi connectivity index (χ0n) is 9.19. The highest BCUT2D eigenvalue weighted by Crippen LogP contribution is 2.32. The van der Waals surface area contributed by atoms with Gasteiger partial charge in [0, 0.05) is 24.0 Å². The van der Waals surface area contributed by atoms with Gasteiger partial charge in [0.15, 0.2) is 0 Å². The van der Waals surface area contributed by atoms with Gasteiger partial charge >= 0.3 is 0 Å². The summed E-state index contributed by atoms with van der Waals surface area (Å²) in [7, 11) is 0. The Bertz CT molecular complexity index is 440. The van der Waals surface area contributed by atoms with Gasteiger partial charge in [0.1, 0.15) is 0 Å². The molecule has 0 saturated carbocycles. The first-order valence-corrected chi connectivity index (χ1v) is 5.76. The SMILES string of the molecule is CC(C)(C)c1ncc(-c2ccncc2)s1. The number of rotatable bonds is 1. The molecule has 2 heterocycles. The lowest BCUT2D eigenvalue weighted by Gasteiger charge is -2.13. The maximum atomic E-state index is 4.46. The van der Waals surface area contributed by atoms with Gasteiger partial charge in [0.25, 0.3) is 0 Å². The van der Waals surface area contributed by atoms with Crippen LogP contribution in [0, 0.1) is 0 Å². The van der Waals surface area contributed by atoms with Crippen LogP contribution in [-0.2, 0) is 5.41 Å². The second-order valence-electron chi connectivity index (χ2n) is 4.52. The summed E-state index contributed by atoms with van der Waals surface area (Å²) in [6.45, 7) is 6.55. The van der Waals surface area contributed by atoms with Crippen molar-refractivity contribution < 1.29 is 0 Å². The number of pyridine rings is 1. The molecule has 0 saturated heterocycles. The van der Waals surface area contributed by atoms with Crippen LogP contribution < -0.4 is 0 Å². The molecule has 15 heavy (non-hydrogen) atoms. The summed E-state index contributed by atoms with van der Waals surface area (Å²) in [5.74, 6) is 0. The molecule has 2 aromatic rings. The highest BCUT2D eigenvalue weighted by molar-refractivity contribution is 7.15. The number of hydrogen-bond donors (Lipinski definition) is 0. The molecule has 0 bridgehead atoms. The van der Waals surface area contributed by atoms with Gasteiger partial charge in [-0.25, -0.2) is 4.98 Å². The number of hydrogen-bond acceptors (Lipinski definition) is 3. The van der Waals surface area contributed by atoms with Crippen molar-refractivity contribution in [3.05, 3.63) is 35.7 Å². The summed E-state index contributed by atoms with van der Waals surface area (Å²) in [5, 5.41) is 1.18. The molecule has 0 atom stereocenters. The molecule has 0 aliphatic heterocycles. The van der Waals surface area contributed by atoms with E-state index in [9.17, 15) is 0 Å². The highest BCUT2D eigenvalue weighted by atomic mass is 32.1. The standard InChI is InChI=1S/C12H14N2S/c1-12(2,3)11-14-8-10(15-11)9-4-6-13-7-5-9/h4-8H,1-3H3. The first kappa shape index (κ1) is 10.3. The van der Waals surface area contributed by atoms with Gasteiger partial charge in [-0.05, 0) is 17.7 Å². The van der Waals surface area contributed by atoms with Crippen LogP contribution in [-0.4, -0.2) is 9.97 Å². The van der Waals surface area contributed by atoms with E-state index >= 15 is 0 Å². The lowest BCUT2D eigenvalue weighted by Crippen LogP contribution is -2.09. The van der Waals surface area contributed by atoms with E-state index < -0.39 is 0 Å². The molecule has 0 spiro atoms. The van der Waals surface area contributed by atoms with Gasteiger partial charge in [0.05, 0.1) is 9.88 Å². The Hall–Kier alpha value is -1.22. The molecule has 0 fully saturated rings. The Kier molecular flexibility index (Phi) is 2.57. The van der Waals surface area contributed by atoms with E-state index in [-0.39, 0.29) is 5.41 Å². The summed E-state index contributed by atoms with van der Waals surface area (Å²) >= 11 is 1.75. The van der Waals surface area contributed by atoms with Crippen molar-refractivity contribution in [2.75, 3.05) is 0 Å². The summed E-state index contributed by atoms with van der Waals surface area (Å²) in [6, 6.07) is 4.03. The van der Waals surface area contributed by atoms with Crippen molar-refractivity contribution >= 4 is 11.3 Å². The minimum Gasteiger partial charge on any atom is -0.265 e. The lowest BCUT2D eigenvalue weighted by molar-refractivity contribution is 0.585. The third kappa shape index (κ3) is 2.23. The average Bonchev–Trinajstić information content (AvgIpc) is 2.67. The third-order valence-electron chi connectivity index (χ3n) is 2.11. The van der Waals surface area contributed by atoms with E-state index in [2.05, 4.69) is 30.7 Å². The molecule has 2 aromatic heterocycles. The van der Waals surface area contributed by atoms with Crippen LogP contribution in [0.2, 0.25) is 0 Å². The molecule has 3 heteroatoms. The predicted molar refractivity (Wildman–Crippen MR) is 64.0 cm³/mol. The van der Waals surface area contributed by atoms with Crippen LogP contribution >= 0.6 is 11.3 Å². The van der Waals surface area contributed by atoms with Gasteiger partial charge in [-0.3, -0.25) is 4.98 Å². The number of thiazole rings is 1. The van der Waals surface area contributed by atoms with Gasteiger partial charge < -0.3 is 0 Å². The van der Waals surface area contributed by atoms with E-state index in [0.717, 1.165) is 0 Å². The van der Waals surface area contributed by atoms with Gasteiger partial charge in [-0.1, -0.05) is 20.8 Å². The summed E-state index contributed by atoms with van der Waals surface area (Å²) in [6.07, 6.45) is 5.57. The molecule has 78 valence electrons. The molecule has 0 aromatic carbocycles. The van der Waals surface area contributed by atoms with Gasteiger partial charge in [-0.15, -0.1) is 11.3 Å². The summed E-state index contributed by atoms with van der Waals surface area (Å²) in [5.41, 5.74) is 1.33. The summed E-state index contributed by atoms with van der Waals surface area (Å²) in [4.78, 5) is 9.68. The minimum atomic E-state index is 0.135. The van der Waals surface area contributed by atoms with Crippen LogP contribution in [0.4, 0.5) is 0 Å². The topological polar surface area (TPSA) is 25.8 Å². The second kappa shape index (κ2) is 3.74. The minimum absolute atomic E-state index is 0.135. The fourth-order valence-electron chi connectivity index (χ4n) is 1.27. The van der Waals surface area contributed by atoms with Crippen molar-refractivity contribution in [2.24, 2.45) is 0 Å². The molecule has 0 radical (unpaired) electrons. The van der Waals surface area contributed by atoms with Crippen LogP contribution in [0.5, 0.6) is 0 Å². The molecule has 0 amide bonds. The Morgan fingerprint density at radius 2 is 1.80 bits per heavy atom. The van der Waals surface area contributed by atoms with Crippen molar-refractivity contribution in [1.82, 2.24) is 9.97 Å². The van der Waals surface area contributed by atoms with Crippen LogP contribution in [0.25, 0.3) is 10.4 Å². The smallest absolute Gasteiger partial charge is 0.0984 e. The van der Waals surface area contributed by atoms with Crippen molar-refractivity contribution in [2.45, 2.75) is 26.2 Å². The first-order chi connectivity index (χ1) is 7.07. The quantitative estimate of drug-likeness (QED) is 0.732. The molecule has 0 aliphatic rings. The van der Waals surface area contributed by atoms with Crippen LogP contribution in [0.15, 0.2) is 30.7 Å². The van der Waals surface area contributed by atoms with Gasteiger partial charge in [0.2, 0.25) is 0 Å². The van der Waals surface area contributed by atoms with E-state index in [4.69, 9.17) is 0 Å². The maximum absolute atomic E-state index is 4.46. The third-order valence-corrected chi connectivity index (χ3v) is 3.58. The molecule has 2 nitrogen and oxygen atoms in total. The Labute approximate surface area is 94.0 Å². The van der Waals surface area contributed by atoms with Crippen molar-refractivity contribution in [3.8, 4) is 10.4 Å². The first-order valence-electron chi connectivity index (χ1n) is 4.94. The average molecular weight is 218 g/mol. The fourth-order valence-corrected chi connectivity index (χ4v) is 2.25. The van der Waals surface area contributed by atoms with Crippen LogP contribution in [0.1, 0.15) is 25.8 Å². The zero-order valence-corrected chi connectivity index (χ0v) is 10.0. The van der Waals surface area contributed by atoms with E-state index in [0.29, 0.717) is 0 Å². The fraction of sp³-hybridized carbons (Fsp3) is 0.333. The molecule has 2 rings (SSSR count). The van der Waals surface area contributed by atoms with Crippen LogP contribution in [0.3, 0.4) is 0 Å². The Balaban J connectivity index is 2.37. The van der Waals surface area contributed by atoms with E-state index in [1.54, 1.807) is 11.3 Å². The van der Waals surface area contributed by atoms with Crippen molar-refractivity contribution in [1.29, 1.82) is 0 Å². The Morgan fingerprint density at radius 1 is 1.13 bits per heavy atom. The Morgan fingerprint density at radius 3 is 2.33 bits per heavy atom. The molecular formula is C12H14N2S. The predicted octanol–water partition coefficient (Wildman–Crippen LogP) is 3.50. The molecule has 0 unspecified atom stereocenters. The largest absolute Gasteiger partial charge is 0.265 e. The molecular weight excluding hydrogens is 204 g/mol. The van der Waals surface area contributed by atoms with Gasteiger partial charge in [-0.2, -0.15) is 0 Å². The number of aromatic nitrogens is 2. The number of nitrogens with zero attached hydrogens (tertiary/aromatic N) is 2. The second-order valence-corrected chi connectivity index (χ2v) is 5.55. The molecule has 0 N–H and O–H groups in total. The normalized spacial score (nSPS) is 11.7. The monoisotopic (exact) mass is 218 g/mol. The zero-order chi connectivity index (χ0) is 10.9. The van der Waals surface area contributed by atoms with E-state index in [1.165, 1.54) is 15.4 Å². The van der Waals surface area contributed by atoms with Crippen molar-refractivity contribution in [3.63, 3.8) is 0 Å². The maximum Gasteiger partial charge on any atom is 0.0984 e. The lowest BCUT2D eigenvalue weighted by atomic mass is 9.98. The van der Waals surface area contributed by atoms with E-state index in [1.807, 2.05) is 30.7 Å². The summed E-state index contributed by atoms with van der Waals surface area (Å²) < 4.78 is 0.